The molecule has 0 bridgehead atoms. The van der Waals surface area contributed by atoms with E-state index in [9.17, 15) is 14.4 Å². The van der Waals surface area contributed by atoms with Gasteiger partial charge in [-0.25, -0.2) is 4.79 Å². The van der Waals surface area contributed by atoms with Crippen LogP contribution in [0.1, 0.15) is 23.6 Å². The molecule has 1 amide bonds. The fourth-order valence-electron chi connectivity index (χ4n) is 3.76. The Morgan fingerprint density at radius 2 is 1.77 bits per heavy atom. The largest absolute Gasteiger partial charge is 0.480 e. The lowest BCUT2D eigenvalue weighted by Gasteiger charge is -2.12. The van der Waals surface area contributed by atoms with Gasteiger partial charge >= 0.3 is 11.6 Å². The summed E-state index contributed by atoms with van der Waals surface area (Å²) < 4.78 is 11.4. The number of hydrogen-bond donors (Lipinski definition) is 2. The minimum absolute atomic E-state index is 0.200. The summed E-state index contributed by atoms with van der Waals surface area (Å²) in [5.41, 5.74) is 3.85. The van der Waals surface area contributed by atoms with Gasteiger partial charge in [0.05, 0.1) is 18.2 Å². The first kappa shape index (κ1) is 20.4. The quantitative estimate of drug-likeness (QED) is 0.474. The maximum atomic E-state index is 12.6. The van der Waals surface area contributed by atoms with Crippen molar-refractivity contribution in [2.45, 2.75) is 33.2 Å². The molecule has 1 atom stereocenters. The smallest absolute Gasteiger partial charge is 0.340 e. The number of benzene rings is 2. The van der Waals surface area contributed by atoms with Crippen LogP contribution >= 0.6 is 0 Å². The molecule has 31 heavy (non-hydrogen) atoms. The second kappa shape index (κ2) is 7.75. The average molecular weight is 419 g/mol. The maximum Gasteiger partial charge on any atom is 0.340 e. The van der Waals surface area contributed by atoms with Gasteiger partial charge in [-0.1, -0.05) is 30.3 Å². The number of carbonyl (C=O) groups is 2. The van der Waals surface area contributed by atoms with Gasteiger partial charge in [0, 0.05) is 21.9 Å². The molecule has 0 aliphatic rings. The lowest BCUT2D eigenvalue weighted by Crippen LogP contribution is -2.39. The van der Waals surface area contributed by atoms with Crippen molar-refractivity contribution in [3.05, 3.63) is 69.8 Å². The number of fused-ring (bicyclic) bond motifs is 2. The monoisotopic (exact) mass is 419 g/mol. The molecule has 2 aromatic carbocycles. The predicted octanol–water partition coefficient (Wildman–Crippen LogP) is 3.95. The normalized spacial score (nSPS) is 12.2. The van der Waals surface area contributed by atoms with Crippen LogP contribution in [-0.2, 0) is 16.0 Å². The number of aliphatic carboxylic acids is 1. The molecule has 0 aliphatic carbocycles. The van der Waals surface area contributed by atoms with Crippen molar-refractivity contribution in [2.75, 3.05) is 0 Å². The minimum atomic E-state index is -1.15. The molecule has 4 aromatic rings. The Labute approximate surface area is 177 Å². The summed E-state index contributed by atoms with van der Waals surface area (Å²) in [6.45, 7) is 4.95. The van der Waals surface area contributed by atoms with E-state index in [1.54, 1.807) is 13.2 Å². The van der Waals surface area contributed by atoms with Gasteiger partial charge in [-0.3, -0.25) is 9.59 Å². The lowest BCUT2D eigenvalue weighted by molar-refractivity contribution is -0.141. The number of furan rings is 1. The molecular formula is C24H21NO6. The number of carboxylic acids is 1. The van der Waals surface area contributed by atoms with Crippen LogP contribution in [0, 0.1) is 13.8 Å². The summed E-state index contributed by atoms with van der Waals surface area (Å²) in [7, 11) is 0. The van der Waals surface area contributed by atoms with Gasteiger partial charge in [0.25, 0.3) is 0 Å². The first-order chi connectivity index (χ1) is 14.8. The van der Waals surface area contributed by atoms with Crippen molar-refractivity contribution < 1.29 is 23.5 Å². The highest BCUT2D eigenvalue weighted by molar-refractivity contribution is 6.05. The third-order valence-corrected chi connectivity index (χ3v) is 5.51. The van der Waals surface area contributed by atoms with Crippen molar-refractivity contribution in [1.82, 2.24) is 5.32 Å². The van der Waals surface area contributed by atoms with Crippen LogP contribution in [0.15, 0.2) is 56.3 Å². The Kier molecular flexibility index (Phi) is 5.10. The van der Waals surface area contributed by atoms with E-state index in [0.29, 0.717) is 27.7 Å². The molecular weight excluding hydrogens is 398 g/mol. The van der Waals surface area contributed by atoms with E-state index in [4.69, 9.17) is 13.9 Å². The molecule has 1 unspecified atom stereocenters. The van der Waals surface area contributed by atoms with Gasteiger partial charge in [0.1, 0.15) is 17.2 Å². The molecule has 0 saturated carbocycles. The summed E-state index contributed by atoms with van der Waals surface area (Å²) in [4.78, 5) is 35.9. The minimum Gasteiger partial charge on any atom is -0.480 e. The Balaban J connectivity index is 1.85. The number of rotatable bonds is 5. The zero-order valence-corrected chi connectivity index (χ0v) is 17.3. The van der Waals surface area contributed by atoms with Crippen LogP contribution in [0.25, 0.3) is 33.1 Å². The van der Waals surface area contributed by atoms with E-state index in [1.165, 1.54) is 6.92 Å². The third kappa shape index (κ3) is 3.59. The SMILES string of the molecule is Cc1c(CC(=O)NC(C)C(=O)O)c(=O)oc2c(C)c3occ(-c4ccccc4)c3cc12. The summed E-state index contributed by atoms with van der Waals surface area (Å²) in [6, 6.07) is 10.7. The zero-order valence-electron chi connectivity index (χ0n) is 17.3. The summed E-state index contributed by atoms with van der Waals surface area (Å²) >= 11 is 0. The molecule has 4 rings (SSSR count). The standard InChI is InChI=1S/C24H21NO6/c1-12-16-9-18-19(15-7-5-4-6-8-15)11-30-21(18)13(2)22(16)31-24(29)17(12)10-20(26)25-14(3)23(27)28/h4-9,11,14H,10H2,1-3H3,(H,25,26)(H,27,28). The van der Waals surface area contributed by atoms with Crippen molar-refractivity contribution in [3.63, 3.8) is 0 Å². The number of carboxylic acid groups (broad SMARTS) is 1. The third-order valence-electron chi connectivity index (χ3n) is 5.51. The Bertz CT molecular complexity index is 1380. The molecule has 7 heteroatoms. The van der Waals surface area contributed by atoms with Crippen LogP contribution in [0.2, 0.25) is 0 Å². The van der Waals surface area contributed by atoms with Crippen LogP contribution in [0.5, 0.6) is 0 Å². The van der Waals surface area contributed by atoms with Crippen molar-refractivity contribution in [3.8, 4) is 11.1 Å². The number of hydrogen-bond acceptors (Lipinski definition) is 5. The first-order valence-electron chi connectivity index (χ1n) is 9.82. The van der Waals surface area contributed by atoms with Gasteiger partial charge in [-0.2, -0.15) is 0 Å². The van der Waals surface area contributed by atoms with E-state index < -0.39 is 23.5 Å². The second-order valence-corrected chi connectivity index (χ2v) is 7.57. The van der Waals surface area contributed by atoms with Gasteiger partial charge in [0.15, 0.2) is 0 Å². The molecule has 0 spiro atoms. The predicted molar refractivity (Wildman–Crippen MR) is 116 cm³/mol. The van der Waals surface area contributed by atoms with Crippen molar-refractivity contribution in [1.29, 1.82) is 0 Å². The number of aryl methyl sites for hydroxylation is 2. The Morgan fingerprint density at radius 1 is 1.06 bits per heavy atom. The topological polar surface area (TPSA) is 110 Å². The lowest BCUT2D eigenvalue weighted by atomic mass is 9.97. The highest BCUT2D eigenvalue weighted by atomic mass is 16.4. The zero-order chi connectivity index (χ0) is 22.3. The fourth-order valence-corrected chi connectivity index (χ4v) is 3.76. The van der Waals surface area contributed by atoms with Gasteiger partial charge < -0.3 is 19.3 Å². The van der Waals surface area contributed by atoms with Crippen LogP contribution in [0.4, 0.5) is 0 Å². The van der Waals surface area contributed by atoms with E-state index in [1.807, 2.05) is 43.3 Å². The highest BCUT2D eigenvalue weighted by Crippen LogP contribution is 2.37. The van der Waals surface area contributed by atoms with E-state index in [0.717, 1.165) is 16.5 Å². The van der Waals surface area contributed by atoms with Crippen LogP contribution in [0.3, 0.4) is 0 Å². The van der Waals surface area contributed by atoms with Crippen LogP contribution < -0.4 is 10.9 Å². The second-order valence-electron chi connectivity index (χ2n) is 7.57. The summed E-state index contributed by atoms with van der Waals surface area (Å²) in [6.07, 6.45) is 1.41. The molecule has 0 fully saturated rings. The highest BCUT2D eigenvalue weighted by Gasteiger charge is 2.21. The van der Waals surface area contributed by atoms with Gasteiger partial charge in [-0.05, 0) is 38.0 Å². The first-order valence-corrected chi connectivity index (χ1v) is 9.82. The number of nitrogens with one attached hydrogen (secondary N) is 1. The molecule has 0 aliphatic heterocycles. The molecule has 0 saturated heterocycles. The summed E-state index contributed by atoms with van der Waals surface area (Å²) in [5.74, 6) is -1.71. The molecule has 2 aromatic heterocycles. The van der Waals surface area contributed by atoms with Crippen molar-refractivity contribution in [2.24, 2.45) is 0 Å². The van der Waals surface area contributed by atoms with E-state index in [2.05, 4.69) is 5.32 Å². The van der Waals surface area contributed by atoms with E-state index in [-0.39, 0.29) is 12.0 Å². The van der Waals surface area contributed by atoms with E-state index >= 15 is 0 Å². The number of amides is 1. The van der Waals surface area contributed by atoms with Crippen LogP contribution in [-0.4, -0.2) is 23.0 Å². The number of carbonyl (C=O) groups excluding carboxylic acids is 1. The molecule has 2 N–H and O–H groups in total. The summed E-state index contributed by atoms with van der Waals surface area (Å²) in [5, 5.41) is 12.9. The van der Waals surface area contributed by atoms with Gasteiger partial charge in [0.2, 0.25) is 5.91 Å². The Morgan fingerprint density at radius 3 is 2.45 bits per heavy atom. The molecule has 158 valence electrons. The maximum absolute atomic E-state index is 12.6. The molecule has 2 heterocycles. The Hall–Kier alpha value is -3.87. The van der Waals surface area contributed by atoms with Crippen molar-refractivity contribution >= 4 is 33.8 Å². The molecule has 7 nitrogen and oxygen atoms in total. The fraction of sp³-hybridized carbons (Fsp3) is 0.208. The molecule has 0 radical (unpaired) electrons. The average Bonchev–Trinajstić information content (AvgIpc) is 3.17. The van der Waals surface area contributed by atoms with Gasteiger partial charge in [-0.15, -0.1) is 0 Å².